The smallest absolute Gasteiger partial charge is 0.318 e. The van der Waals surface area contributed by atoms with Crippen molar-refractivity contribution in [1.82, 2.24) is 19.8 Å². The Morgan fingerprint density at radius 3 is 2.90 bits per heavy atom. The second-order valence-electron chi connectivity index (χ2n) is 10.7. The van der Waals surface area contributed by atoms with Crippen molar-refractivity contribution < 1.29 is 14.3 Å². The zero-order chi connectivity index (χ0) is 27.6. The van der Waals surface area contributed by atoms with Gasteiger partial charge in [0.05, 0.1) is 36.8 Å². The van der Waals surface area contributed by atoms with Crippen molar-refractivity contribution in [3.8, 4) is 12.1 Å². The van der Waals surface area contributed by atoms with Crippen molar-refractivity contribution in [2.75, 3.05) is 57.6 Å². The Bertz CT molecular complexity index is 1330. The topological polar surface area (TPSA) is 115 Å². The molecule has 2 aliphatic heterocycles. The number of aromatic nitrogens is 2. The molecule has 1 fully saturated rings. The summed E-state index contributed by atoms with van der Waals surface area (Å²) in [5, 5.41) is 12.7. The third kappa shape index (κ3) is 5.06. The molecule has 0 bridgehead atoms. The molecule has 1 aromatic carbocycles. The van der Waals surface area contributed by atoms with Gasteiger partial charge in [-0.05, 0) is 44.5 Å². The first-order chi connectivity index (χ1) is 18.9. The van der Waals surface area contributed by atoms with E-state index in [0.29, 0.717) is 44.1 Å². The molecule has 0 saturated carbocycles. The summed E-state index contributed by atoms with van der Waals surface area (Å²) in [6.45, 7) is 2.01. The Morgan fingerprint density at radius 2 is 2.13 bits per heavy atom. The van der Waals surface area contributed by atoms with Crippen LogP contribution in [-0.4, -0.2) is 85.0 Å². The molecular weight excluding hydrogens is 494 g/mol. The van der Waals surface area contributed by atoms with Crippen LogP contribution in [0.25, 0.3) is 0 Å². The molecule has 1 N–H and O–H groups in total. The van der Waals surface area contributed by atoms with Crippen molar-refractivity contribution in [2.24, 2.45) is 0 Å². The van der Waals surface area contributed by atoms with Crippen LogP contribution >= 0.6 is 0 Å². The lowest BCUT2D eigenvalue weighted by Gasteiger charge is -2.44. The fourth-order valence-electron chi connectivity index (χ4n) is 6.07. The second kappa shape index (κ2) is 11.0. The van der Waals surface area contributed by atoms with Crippen LogP contribution in [0.15, 0.2) is 36.4 Å². The fraction of sp³-hybridized carbons (Fsp3) is 0.483. The number of ether oxygens (including phenoxy) is 1. The predicted octanol–water partition coefficient (Wildman–Crippen LogP) is 2.30. The number of piperazine rings is 1. The number of nitriles is 1. The summed E-state index contributed by atoms with van der Waals surface area (Å²) in [6.07, 6.45) is 6.72. The normalized spacial score (nSPS) is 22.4. The maximum atomic E-state index is 13.8. The number of hydrogen-bond donors (Lipinski definition) is 1. The first kappa shape index (κ1) is 26.6. The minimum Gasteiger partial charge on any atom is -0.467 e. The van der Waals surface area contributed by atoms with Crippen LogP contribution in [0.4, 0.5) is 11.5 Å². The molecule has 1 aliphatic carbocycles. The number of amides is 2. The largest absolute Gasteiger partial charge is 0.467 e. The molecule has 1 aromatic heterocycles. The van der Waals surface area contributed by atoms with E-state index in [2.05, 4.69) is 33.5 Å². The van der Waals surface area contributed by atoms with Crippen molar-refractivity contribution in [1.29, 1.82) is 5.26 Å². The quantitative estimate of drug-likeness (QED) is 0.567. The lowest BCUT2D eigenvalue weighted by Crippen LogP contribution is -2.55. The standard InChI is InChI=1S/C29H35N7O3/c1-34(2)15-7-11-24(37)36-17-16-35(19-21(36)12-14-30)26-25-23(31-28(33-26)39-3)18-29(27(38)32-25)13-6-9-20-8-4-5-10-22(20)29/h4-5,7-8,10-11,21H,6,9,12-13,15-19H2,1-3H3,(H,32,38)/b11-7+. The molecule has 39 heavy (non-hydrogen) atoms. The summed E-state index contributed by atoms with van der Waals surface area (Å²) in [7, 11) is 5.42. The third-order valence-electron chi connectivity index (χ3n) is 7.98. The van der Waals surface area contributed by atoms with Gasteiger partial charge in [-0.25, -0.2) is 0 Å². The van der Waals surface area contributed by atoms with E-state index in [9.17, 15) is 14.9 Å². The number of nitrogens with zero attached hydrogens (tertiary/aromatic N) is 6. The first-order valence-corrected chi connectivity index (χ1v) is 13.4. The average molecular weight is 530 g/mol. The molecule has 2 aromatic rings. The van der Waals surface area contributed by atoms with Gasteiger partial charge in [0.2, 0.25) is 11.8 Å². The molecule has 0 radical (unpaired) electrons. The van der Waals surface area contributed by atoms with Crippen LogP contribution in [0.5, 0.6) is 6.01 Å². The summed E-state index contributed by atoms with van der Waals surface area (Å²) in [6, 6.07) is 10.3. The zero-order valence-electron chi connectivity index (χ0n) is 22.8. The maximum Gasteiger partial charge on any atom is 0.318 e. The molecule has 204 valence electrons. The van der Waals surface area contributed by atoms with E-state index in [1.54, 1.807) is 11.0 Å². The SMILES string of the molecule is COc1nc2c(c(N3CCN(C(=O)/C=C/CN(C)C)C(CC#N)C3)n1)NC(=O)C1(CCCc3ccccc31)C2. The summed E-state index contributed by atoms with van der Waals surface area (Å²) in [5.74, 6) is 0.429. The summed E-state index contributed by atoms with van der Waals surface area (Å²) in [5.41, 5.74) is 2.95. The van der Waals surface area contributed by atoms with Gasteiger partial charge < -0.3 is 24.8 Å². The van der Waals surface area contributed by atoms with Gasteiger partial charge in [0.25, 0.3) is 0 Å². The summed E-state index contributed by atoms with van der Waals surface area (Å²) < 4.78 is 5.49. The molecule has 10 heteroatoms. The van der Waals surface area contributed by atoms with Gasteiger partial charge >= 0.3 is 6.01 Å². The Kier molecular flexibility index (Phi) is 7.53. The number of aryl methyl sites for hydroxylation is 1. The van der Waals surface area contributed by atoms with Crippen molar-refractivity contribution >= 4 is 23.3 Å². The number of benzene rings is 1. The van der Waals surface area contributed by atoms with Gasteiger partial charge in [-0.15, -0.1) is 0 Å². The second-order valence-corrected chi connectivity index (χ2v) is 10.7. The summed E-state index contributed by atoms with van der Waals surface area (Å²) >= 11 is 0. The number of nitrogens with one attached hydrogen (secondary N) is 1. The average Bonchev–Trinajstić information content (AvgIpc) is 2.93. The Labute approximate surface area is 229 Å². The highest BCUT2D eigenvalue weighted by Crippen LogP contribution is 2.46. The van der Waals surface area contributed by atoms with Gasteiger partial charge in [-0.1, -0.05) is 30.3 Å². The van der Waals surface area contributed by atoms with Crippen LogP contribution < -0.4 is 15.0 Å². The number of likely N-dealkylation sites (N-methyl/N-ethyl adjacent to an activating group) is 1. The minimum absolute atomic E-state index is 0.0365. The van der Waals surface area contributed by atoms with Gasteiger partial charge in [0.1, 0.15) is 5.69 Å². The third-order valence-corrected chi connectivity index (χ3v) is 7.98. The number of methoxy groups -OCH3 is 1. The van der Waals surface area contributed by atoms with E-state index in [0.717, 1.165) is 30.5 Å². The van der Waals surface area contributed by atoms with Crippen LogP contribution in [0.2, 0.25) is 0 Å². The van der Waals surface area contributed by atoms with E-state index in [1.807, 2.05) is 42.1 Å². The molecule has 10 nitrogen and oxygen atoms in total. The molecule has 1 saturated heterocycles. The van der Waals surface area contributed by atoms with E-state index in [-0.39, 0.29) is 30.3 Å². The van der Waals surface area contributed by atoms with E-state index in [1.165, 1.54) is 12.7 Å². The molecular formula is C29H35N7O3. The Hall–Kier alpha value is -3.97. The maximum absolute atomic E-state index is 13.8. The highest BCUT2D eigenvalue weighted by atomic mass is 16.5. The number of carbonyl (C=O) groups is 2. The van der Waals surface area contributed by atoms with Crippen LogP contribution in [0.3, 0.4) is 0 Å². The van der Waals surface area contributed by atoms with Crippen LogP contribution in [0.1, 0.15) is 36.1 Å². The molecule has 3 aliphatic rings. The number of hydrogen-bond acceptors (Lipinski definition) is 8. The minimum atomic E-state index is -0.675. The molecule has 2 amide bonds. The van der Waals surface area contributed by atoms with Crippen molar-refractivity contribution in [3.05, 3.63) is 53.2 Å². The van der Waals surface area contributed by atoms with Gasteiger partial charge in [0.15, 0.2) is 5.82 Å². The van der Waals surface area contributed by atoms with Crippen LogP contribution in [0, 0.1) is 11.3 Å². The Balaban J connectivity index is 1.45. The lowest BCUT2D eigenvalue weighted by molar-refractivity contribution is -0.128. The molecule has 5 rings (SSSR count). The molecule has 3 heterocycles. The number of rotatable bonds is 6. The number of carbonyl (C=O) groups excluding carboxylic acids is 2. The molecule has 2 unspecified atom stereocenters. The highest BCUT2D eigenvalue weighted by Gasteiger charge is 2.48. The van der Waals surface area contributed by atoms with Gasteiger partial charge in [-0.2, -0.15) is 15.2 Å². The van der Waals surface area contributed by atoms with Gasteiger partial charge in [-0.3, -0.25) is 9.59 Å². The van der Waals surface area contributed by atoms with E-state index < -0.39 is 5.41 Å². The van der Waals surface area contributed by atoms with Gasteiger partial charge in [0, 0.05) is 38.7 Å². The monoisotopic (exact) mass is 529 g/mol. The Morgan fingerprint density at radius 1 is 1.31 bits per heavy atom. The molecule has 2 atom stereocenters. The number of anilines is 2. The van der Waals surface area contributed by atoms with E-state index >= 15 is 0 Å². The number of fused-ring (bicyclic) bond motifs is 3. The summed E-state index contributed by atoms with van der Waals surface area (Å²) in [4.78, 5) is 41.9. The fourth-order valence-corrected chi connectivity index (χ4v) is 6.07. The van der Waals surface area contributed by atoms with Crippen LogP contribution in [-0.2, 0) is 27.8 Å². The lowest BCUT2D eigenvalue weighted by atomic mass is 9.65. The first-order valence-electron chi connectivity index (χ1n) is 13.4. The van der Waals surface area contributed by atoms with Crippen molar-refractivity contribution in [2.45, 2.75) is 43.6 Å². The zero-order valence-corrected chi connectivity index (χ0v) is 22.8. The highest BCUT2D eigenvalue weighted by molar-refractivity contribution is 6.04. The molecule has 1 spiro atoms. The van der Waals surface area contributed by atoms with E-state index in [4.69, 9.17) is 4.74 Å². The predicted molar refractivity (Wildman–Crippen MR) is 148 cm³/mol. The van der Waals surface area contributed by atoms with Crippen molar-refractivity contribution in [3.63, 3.8) is 0 Å².